The highest BCUT2D eigenvalue weighted by molar-refractivity contribution is 5.91. The molecule has 130 valence electrons. The van der Waals surface area contributed by atoms with Crippen molar-refractivity contribution in [3.63, 3.8) is 0 Å². The van der Waals surface area contributed by atoms with Crippen molar-refractivity contribution in [2.75, 3.05) is 19.7 Å². The number of rotatable bonds is 1. The van der Waals surface area contributed by atoms with Crippen LogP contribution in [0, 0.1) is 11.8 Å². The van der Waals surface area contributed by atoms with Crippen LogP contribution in [0.25, 0.3) is 10.9 Å². The number of aliphatic hydroxyl groups is 1. The first-order valence-electron chi connectivity index (χ1n) is 9.02. The van der Waals surface area contributed by atoms with Gasteiger partial charge in [0.15, 0.2) is 5.79 Å². The average Bonchev–Trinajstić information content (AvgIpc) is 3.19. The van der Waals surface area contributed by atoms with Crippen molar-refractivity contribution in [2.45, 2.75) is 30.1 Å². The van der Waals surface area contributed by atoms with E-state index in [9.17, 15) is 15.0 Å². The fourth-order valence-electron chi connectivity index (χ4n) is 6.21. The zero-order valence-electron chi connectivity index (χ0n) is 13.7. The van der Waals surface area contributed by atoms with Crippen LogP contribution < -0.4 is 0 Å². The summed E-state index contributed by atoms with van der Waals surface area (Å²) in [5.74, 6) is -2.75. The highest BCUT2D eigenvalue weighted by atomic mass is 16.6. The molecule has 3 unspecified atom stereocenters. The number of aromatic amines is 1. The first kappa shape index (κ1) is 14.3. The molecule has 0 radical (unpaired) electrons. The topological polar surface area (TPSA) is 85.8 Å². The predicted octanol–water partition coefficient (Wildman–Crippen LogP) is 1.61. The van der Waals surface area contributed by atoms with Crippen molar-refractivity contribution in [2.24, 2.45) is 11.8 Å². The Balaban J connectivity index is 1.78. The summed E-state index contributed by atoms with van der Waals surface area (Å²) in [7, 11) is 0. The van der Waals surface area contributed by atoms with Crippen LogP contribution in [0.4, 0.5) is 0 Å². The van der Waals surface area contributed by atoms with E-state index < -0.39 is 23.1 Å². The molecular weight excluding hydrogens is 320 g/mol. The smallest absolute Gasteiger partial charge is 0.318 e. The molecule has 1 aromatic carbocycles. The molecular formula is C19H20N2O4. The Bertz CT molecular complexity index is 923. The Morgan fingerprint density at radius 3 is 2.92 bits per heavy atom. The summed E-state index contributed by atoms with van der Waals surface area (Å²) in [6, 6.07) is 8.05. The van der Waals surface area contributed by atoms with E-state index in [1.807, 2.05) is 18.2 Å². The largest absolute Gasteiger partial charge is 0.480 e. The number of H-pyrrole nitrogens is 1. The summed E-state index contributed by atoms with van der Waals surface area (Å²) >= 11 is 0. The second kappa shape index (κ2) is 4.26. The Hall–Kier alpha value is -1.89. The van der Waals surface area contributed by atoms with Gasteiger partial charge in [0.1, 0.15) is 5.41 Å². The molecule has 3 fully saturated rings. The molecule has 2 aromatic rings. The minimum absolute atomic E-state index is 0.0164. The molecule has 3 saturated heterocycles. The van der Waals surface area contributed by atoms with Gasteiger partial charge in [-0.2, -0.15) is 0 Å². The number of nitrogens with zero attached hydrogens (tertiary/aromatic N) is 1. The van der Waals surface area contributed by atoms with Crippen LogP contribution in [0.2, 0.25) is 0 Å². The van der Waals surface area contributed by atoms with Crippen molar-refractivity contribution in [1.82, 2.24) is 9.88 Å². The Kier molecular flexibility index (Phi) is 2.43. The van der Waals surface area contributed by atoms with Crippen LogP contribution in [0.1, 0.15) is 30.1 Å². The van der Waals surface area contributed by atoms with Gasteiger partial charge in [-0.15, -0.1) is 0 Å². The summed E-state index contributed by atoms with van der Waals surface area (Å²) < 4.78 is 5.93. The summed E-state index contributed by atoms with van der Waals surface area (Å²) in [5.41, 5.74) is 1.60. The van der Waals surface area contributed by atoms with Gasteiger partial charge in [-0.1, -0.05) is 18.2 Å². The third-order valence-corrected chi connectivity index (χ3v) is 7.23. The van der Waals surface area contributed by atoms with Gasteiger partial charge in [0, 0.05) is 34.5 Å². The molecule has 4 aliphatic rings. The predicted molar refractivity (Wildman–Crippen MR) is 89.0 cm³/mol. The molecule has 3 N–H and O–H groups in total. The number of nitrogens with one attached hydrogen (secondary N) is 1. The maximum atomic E-state index is 12.6. The Labute approximate surface area is 144 Å². The first-order valence-corrected chi connectivity index (χ1v) is 9.02. The molecule has 6 heteroatoms. The van der Waals surface area contributed by atoms with Crippen LogP contribution >= 0.6 is 0 Å². The number of aromatic nitrogens is 1. The second-order valence-corrected chi connectivity index (χ2v) is 7.99. The van der Waals surface area contributed by atoms with E-state index in [0.29, 0.717) is 6.42 Å². The number of carboxylic acid groups (broad SMARTS) is 1. The standard InChI is InChI=1S/C19H20N2O4/c22-17(23)18-9-25-19(24)11-5-7-21(8-6-13(18)19)15(11)14-10-3-1-2-4-12(10)20-16(14)18/h1-4,11,13,15,20,24H,5-9H2,(H,22,23)/t11?,13-,15+,18+,19?/m1/s1. The van der Waals surface area contributed by atoms with Crippen LogP contribution in [0.15, 0.2) is 24.3 Å². The lowest BCUT2D eigenvalue weighted by molar-refractivity contribution is -0.231. The number of aliphatic carboxylic acids is 1. The lowest BCUT2D eigenvalue weighted by Crippen LogP contribution is -2.50. The van der Waals surface area contributed by atoms with Crippen molar-refractivity contribution >= 4 is 16.9 Å². The van der Waals surface area contributed by atoms with Gasteiger partial charge < -0.3 is 19.9 Å². The Morgan fingerprint density at radius 2 is 2.08 bits per heavy atom. The summed E-state index contributed by atoms with van der Waals surface area (Å²) in [5, 5.41) is 22.9. The van der Waals surface area contributed by atoms with Gasteiger partial charge in [-0.05, 0) is 37.6 Å². The van der Waals surface area contributed by atoms with Crippen LogP contribution in [-0.4, -0.2) is 51.5 Å². The normalized spacial score (nSPS) is 43.9. The lowest BCUT2D eigenvalue weighted by Gasteiger charge is -2.36. The van der Waals surface area contributed by atoms with E-state index in [1.54, 1.807) is 0 Å². The quantitative estimate of drug-likeness (QED) is 0.734. The fraction of sp³-hybridized carbons (Fsp3) is 0.526. The molecule has 0 saturated carbocycles. The second-order valence-electron chi connectivity index (χ2n) is 7.99. The van der Waals surface area contributed by atoms with E-state index in [4.69, 9.17) is 4.74 Å². The van der Waals surface area contributed by atoms with Crippen molar-refractivity contribution < 1.29 is 19.7 Å². The van der Waals surface area contributed by atoms with Crippen molar-refractivity contribution in [3.05, 3.63) is 35.5 Å². The van der Waals surface area contributed by atoms with Gasteiger partial charge in [-0.25, -0.2) is 0 Å². The Morgan fingerprint density at radius 1 is 1.28 bits per heavy atom. The molecule has 0 amide bonds. The monoisotopic (exact) mass is 340 g/mol. The number of hydrogen-bond donors (Lipinski definition) is 3. The minimum atomic E-state index is -1.35. The number of para-hydroxylation sites is 1. The van der Waals surface area contributed by atoms with Gasteiger partial charge in [0.2, 0.25) is 0 Å². The van der Waals surface area contributed by atoms with E-state index in [2.05, 4.69) is 16.0 Å². The summed E-state index contributed by atoms with van der Waals surface area (Å²) in [6.45, 7) is 1.77. The molecule has 6 rings (SSSR count). The number of ether oxygens (including phenoxy) is 1. The number of benzene rings is 1. The van der Waals surface area contributed by atoms with E-state index in [-0.39, 0.29) is 18.6 Å². The number of fused-ring (bicyclic) bond motifs is 4. The first-order chi connectivity index (χ1) is 12.1. The minimum Gasteiger partial charge on any atom is -0.480 e. The molecule has 25 heavy (non-hydrogen) atoms. The SMILES string of the molecule is O=C(O)[C@@]12COC3(O)C4CCN(CC[C@@H]31)[C@@H]4c1c2[nH]c2ccccc12. The third kappa shape index (κ3) is 1.39. The molecule has 6 nitrogen and oxygen atoms in total. The maximum Gasteiger partial charge on any atom is 0.318 e. The number of hydrogen-bond acceptors (Lipinski definition) is 4. The maximum absolute atomic E-state index is 12.6. The van der Waals surface area contributed by atoms with Gasteiger partial charge in [-0.3, -0.25) is 9.69 Å². The fourth-order valence-corrected chi connectivity index (χ4v) is 6.21. The van der Waals surface area contributed by atoms with Crippen molar-refractivity contribution in [3.8, 4) is 0 Å². The van der Waals surface area contributed by atoms with E-state index in [1.165, 1.54) is 0 Å². The zero-order chi connectivity index (χ0) is 17.0. The zero-order valence-corrected chi connectivity index (χ0v) is 13.7. The van der Waals surface area contributed by atoms with Gasteiger partial charge >= 0.3 is 5.97 Å². The number of carboxylic acids is 1. The third-order valence-electron chi connectivity index (χ3n) is 7.23. The summed E-state index contributed by atoms with van der Waals surface area (Å²) in [6.07, 6.45) is 1.48. The number of carbonyl (C=O) groups is 1. The highest BCUT2D eigenvalue weighted by Crippen LogP contribution is 2.63. The molecule has 6 atom stereocenters. The summed E-state index contributed by atoms with van der Waals surface area (Å²) in [4.78, 5) is 18.4. The van der Waals surface area contributed by atoms with E-state index >= 15 is 0 Å². The van der Waals surface area contributed by atoms with Gasteiger partial charge in [0.25, 0.3) is 0 Å². The van der Waals surface area contributed by atoms with E-state index in [0.717, 1.165) is 41.7 Å². The molecule has 0 spiro atoms. The average molecular weight is 340 g/mol. The van der Waals surface area contributed by atoms with Crippen molar-refractivity contribution in [1.29, 1.82) is 0 Å². The van der Waals surface area contributed by atoms with Crippen LogP contribution in [0.5, 0.6) is 0 Å². The molecule has 4 heterocycles. The highest BCUT2D eigenvalue weighted by Gasteiger charge is 2.72. The lowest BCUT2D eigenvalue weighted by atomic mass is 9.69. The van der Waals surface area contributed by atoms with Crippen LogP contribution in [0.3, 0.4) is 0 Å². The molecule has 1 aliphatic carbocycles. The van der Waals surface area contributed by atoms with Gasteiger partial charge in [0.05, 0.1) is 6.61 Å². The molecule has 6 bridgehead atoms. The van der Waals surface area contributed by atoms with Crippen LogP contribution in [-0.2, 0) is 14.9 Å². The molecule has 3 aliphatic heterocycles. The molecule has 1 aromatic heterocycles.